The van der Waals surface area contributed by atoms with Crippen molar-refractivity contribution in [2.75, 3.05) is 0 Å². The Bertz CT molecular complexity index is 736. The third-order valence-electron chi connectivity index (χ3n) is 3.16. The third kappa shape index (κ3) is 2.82. The van der Waals surface area contributed by atoms with Crippen LogP contribution in [-0.4, -0.2) is 20.3 Å². The van der Waals surface area contributed by atoms with E-state index in [2.05, 4.69) is 20.3 Å². The molecule has 4 rings (SSSR count). The van der Waals surface area contributed by atoms with Gasteiger partial charge in [-0.1, -0.05) is 35.1 Å². The highest BCUT2D eigenvalue weighted by Gasteiger charge is 2.29. The molecule has 1 fully saturated rings. The Morgan fingerprint density at radius 2 is 2.00 bits per heavy atom. The molecule has 21 heavy (non-hydrogen) atoms. The van der Waals surface area contributed by atoms with E-state index in [1.54, 1.807) is 0 Å². The van der Waals surface area contributed by atoms with Crippen molar-refractivity contribution < 1.29 is 8.94 Å². The molecule has 0 N–H and O–H groups in total. The molecule has 0 spiro atoms. The molecule has 2 aromatic heterocycles. The molecule has 0 radical (unpaired) electrons. The van der Waals surface area contributed by atoms with Crippen molar-refractivity contribution in [1.82, 2.24) is 20.3 Å². The summed E-state index contributed by atoms with van der Waals surface area (Å²) < 4.78 is 10.8. The summed E-state index contributed by atoms with van der Waals surface area (Å²) in [5.41, 5.74) is 0.910. The average molecular weight is 300 g/mol. The first-order valence-electron chi connectivity index (χ1n) is 6.73. The molecule has 3 aromatic rings. The van der Waals surface area contributed by atoms with Gasteiger partial charge in [0.1, 0.15) is 0 Å². The third-order valence-corrected chi connectivity index (χ3v) is 3.98. The molecule has 0 atom stereocenters. The number of hydrogen-bond acceptors (Lipinski definition) is 7. The maximum absolute atomic E-state index is 5.61. The molecule has 0 amide bonds. The van der Waals surface area contributed by atoms with E-state index in [4.69, 9.17) is 8.94 Å². The number of aromatic nitrogens is 4. The Morgan fingerprint density at radius 1 is 1.14 bits per heavy atom. The van der Waals surface area contributed by atoms with Crippen molar-refractivity contribution in [3.8, 4) is 11.5 Å². The summed E-state index contributed by atoms with van der Waals surface area (Å²) in [5, 5.41) is 12.5. The standard InChI is InChI=1S/C14H12N4O2S/c1-2-4-9(5-3-1)13-16-17-14(19-13)21-8-11-15-12(20-18-11)10-6-7-10/h1-5,10H,6-8H2. The summed E-state index contributed by atoms with van der Waals surface area (Å²) in [4.78, 5) is 4.36. The quantitative estimate of drug-likeness (QED) is 0.669. The predicted molar refractivity (Wildman–Crippen MR) is 75.6 cm³/mol. The second-order valence-corrected chi connectivity index (χ2v) is 5.78. The van der Waals surface area contributed by atoms with Crippen molar-refractivity contribution in [1.29, 1.82) is 0 Å². The van der Waals surface area contributed by atoms with Gasteiger partial charge in [0.2, 0.25) is 11.8 Å². The van der Waals surface area contributed by atoms with Crippen LogP contribution in [0.5, 0.6) is 0 Å². The van der Waals surface area contributed by atoms with Crippen molar-refractivity contribution in [3.63, 3.8) is 0 Å². The SMILES string of the molecule is c1ccc(-c2nnc(SCc3noc(C4CC4)n3)o2)cc1. The zero-order valence-electron chi connectivity index (χ0n) is 11.1. The van der Waals surface area contributed by atoms with Gasteiger partial charge in [-0.05, 0) is 25.0 Å². The first-order chi connectivity index (χ1) is 10.4. The lowest BCUT2D eigenvalue weighted by atomic mass is 10.2. The van der Waals surface area contributed by atoms with Gasteiger partial charge in [-0.2, -0.15) is 4.98 Å². The van der Waals surface area contributed by atoms with E-state index in [1.807, 2.05) is 30.3 Å². The number of rotatable bonds is 5. The maximum Gasteiger partial charge on any atom is 0.277 e. The topological polar surface area (TPSA) is 77.8 Å². The van der Waals surface area contributed by atoms with Gasteiger partial charge in [0.15, 0.2) is 5.82 Å². The Labute approximate surface area is 125 Å². The molecular weight excluding hydrogens is 288 g/mol. The first-order valence-corrected chi connectivity index (χ1v) is 7.71. The lowest BCUT2D eigenvalue weighted by molar-refractivity contribution is 0.375. The van der Waals surface area contributed by atoms with Crippen LogP contribution in [0.25, 0.3) is 11.5 Å². The number of hydrogen-bond donors (Lipinski definition) is 0. The molecule has 0 unspecified atom stereocenters. The largest absolute Gasteiger partial charge is 0.411 e. The highest BCUT2D eigenvalue weighted by molar-refractivity contribution is 7.98. The summed E-state index contributed by atoms with van der Waals surface area (Å²) in [6.45, 7) is 0. The van der Waals surface area contributed by atoms with Crippen molar-refractivity contribution >= 4 is 11.8 Å². The van der Waals surface area contributed by atoms with Gasteiger partial charge in [0.25, 0.3) is 5.22 Å². The second-order valence-electron chi connectivity index (χ2n) is 4.85. The van der Waals surface area contributed by atoms with Crippen molar-refractivity contribution in [3.05, 3.63) is 42.0 Å². The molecule has 7 heteroatoms. The predicted octanol–water partition coefficient (Wildman–Crippen LogP) is 3.29. The molecule has 1 aliphatic carbocycles. The fraction of sp³-hybridized carbons (Fsp3) is 0.286. The van der Waals surface area contributed by atoms with Crippen LogP contribution in [0, 0.1) is 0 Å². The Hall–Kier alpha value is -2.15. The molecule has 6 nitrogen and oxygen atoms in total. The van der Waals surface area contributed by atoms with Crippen LogP contribution in [0.2, 0.25) is 0 Å². The van der Waals surface area contributed by atoms with Crippen LogP contribution in [-0.2, 0) is 5.75 Å². The molecule has 106 valence electrons. The fourth-order valence-electron chi connectivity index (χ4n) is 1.91. The van der Waals surface area contributed by atoms with Crippen LogP contribution in [0.3, 0.4) is 0 Å². The zero-order valence-corrected chi connectivity index (χ0v) is 11.9. The van der Waals surface area contributed by atoms with Gasteiger partial charge in [-0.15, -0.1) is 10.2 Å². The minimum atomic E-state index is 0.476. The summed E-state index contributed by atoms with van der Waals surface area (Å²) >= 11 is 1.41. The summed E-state index contributed by atoms with van der Waals surface area (Å²) in [7, 11) is 0. The number of nitrogens with zero attached hydrogens (tertiary/aromatic N) is 4. The number of thioether (sulfide) groups is 1. The minimum absolute atomic E-state index is 0.476. The smallest absolute Gasteiger partial charge is 0.277 e. The summed E-state index contributed by atoms with van der Waals surface area (Å²) in [5.74, 6) is 2.98. The molecule has 0 bridgehead atoms. The maximum atomic E-state index is 5.61. The molecule has 0 saturated heterocycles. The van der Waals surface area contributed by atoms with E-state index < -0.39 is 0 Å². The molecule has 2 heterocycles. The van der Waals surface area contributed by atoms with E-state index in [0.29, 0.717) is 28.6 Å². The molecule has 1 aliphatic rings. The van der Waals surface area contributed by atoms with E-state index in [1.165, 1.54) is 11.8 Å². The van der Waals surface area contributed by atoms with Crippen molar-refractivity contribution in [2.24, 2.45) is 0 Å². The van der Waals surface area contributed by atoms with Gasteiger partial charge in [-0.25, -0.2) is 0 Å². The number of benzene rings is 1. The normalized spacial score (nSPS) is 14.5. The fourth-order valence-corrected chi connectivity index (χ4v) is 2.52. The van der Waals surface area contributed by atoms with Crippen LogP contribution in [0.1, 0.15) is 30.5 Å². The molecule has 1 saturated carbocycles. The lowest BCUT2D eigenvalue weighted by Crippen LogP contribution is -1.85. The van der Waals surface area contributed by atoms with Gasteiger partial charge in [0.05, 0.1) is 5.75 Å². The Balaban J connectivity index is 1.41. The highest BCUT2D eigenvalue weighted by Crippen LogP contribution is 2.39. The van der Waals surface area contributed by atoms with Crippen LogP contribution in [0.15, 0.2) is 44.5 Å². The minimum Gasteiger partial charge on any atom is -0.411 e. The second kappa shape index (κ2) is 5.33. The van der Waals surface area contributed by atoms with E-state index in [9.17, 15) is 0 Å². The Kier molecular flexibility index (Phi) is 3.19. The van der Waals surface area contributed by atoms with E-state index in [-0.39, 0.29) is 0 Å². The molecular formula is C14H12N4O2S. The summed E-state index contributed by atoms with van der Waals surface area (Å²) in [6.07, 6.45) is 2.30. The van der Waals surface area contributed by atoms with Gasteiger partial charge in [-0.3, -0.25) is 0 Å². The first kappa shape index (κ1) is 12.6. The van der Waals surface area contributed by atoms with Gasteiger partial charge >= 0.3 is 0 Å². The highest BCUT2D eigenvalue weighted by atomic mass is 32.2. The van der Waals surface area contributed by atoms with Gasteiger partial charge < -0.3 is 8.94 Å². The van der Waals surface area contributed by atoms with E-state index in [0.717, 1.165) is 24.3 Å². The lowest BCUT2D eigenvalue weighted by Gasteiger charge is -1.92. The van der Waals surface area contributed by atoms with E-state index >= 15 is 0 Å². The molecule has 1 aromatic carbocycles. The molecule has 0 aliphatic heterocycles. The van der Waals surface area contributed by atoms with Gasteiger partial charge in [0, 0.05) is 11.5 Å². The zero-order chi connectivity index (χ0) is 14.1. The van der Waals surface area contributed by atoms with Crippen LogP contribution < -0.4 is 0 Å². The van der Waals surface area contributed by atoms with Crippen LogP contribution in [0.4, 0.5) is 0 Å². The summed E-state index contributed by atoms with van der Waals surface area (Å²) in [6, 6.07) is 9.69. The monoisotopic (exact) mass is 300 g/mol. The van der Waals surface area contributed by atoms with Crippen molar-refractivity contribution in [2.45, 2.75) is 29.7 Å². The van der Waals surface area contributed by atoms with Crippen LogP contribution >= 0.6 is 11.8 Å². The Morgan fingerprint density at radius 3 is 2.81 bits per heavy atom. The average Bonchev–Trinajstić information content (AvgIpc) is 3.09.